The highest BCUT2D eigenvalue weighted by Crippen LogP contribution is 2.54. The Bertz CT molecular complexity index is 416. The molecule has 3 heterocycles. The maximum atomic E-state index is 11.6. The number of cyclic esters (lactones) is 2. The zero-order chi connectivity index (χ0) is 12.2. The fourth-order valence-corrected chi connectivity index (χ4v) is 3.13. The maximum absolute atomic E-state index is 11.6. The lowest BCUT2D eigenvalue weighted by Gasteiger charge is -2.28. The summed E-state index contributed by atoms with van der Waals surface area (Å²) in [7, 11) is 0. The topological polar surface area (TPSA) is 78.9 Å². The monoisotopic (exact) mass is 240 g/mol. The number of hydrogen-bond acceptors (Lipinski definition) is 6. The SMILES string of the molecule is CC(=O)OC[C@@]12CC[C@H](O1)[C@H]1C(=O)OC(=O)[C@@H]12. The Balaban J connectivity index is 1.88. The van der Waals surface area contributed by atoms with Gasteiger partial charge in [0.2, 0.25) is 0 Å². The van der Waals surface area contributed by atoms with Crippen LogP contribution < -0.4 is 0 Å². The predicted molar refractivity (Wildman–Crippen MR) is 51.6 cm³/mol. The number of esters is 3. The molecule has 6 nitrogen and oxygen atoms in total. The molecule has 0 radical (unpaired) electrons. The van der Waals surface area contributed by atoms with Gasteiger partial charge in [0.05, 0.1) is 12.0 Å². The van der Waals surface area contributed by atoms with E-state index >= 15 is 0 Å². The van der Waals surface area contributed by atoms with Crippen molar-refractivity contribution in [2.75, 3.05) is 6.61 Å². The molecule has 92 valence electrons. The van der Waals surface area contributed by atoms with Crippen molar-refractivity contribution < 1.29 is 28.6 Å². The van der Waals surface area contributed by atoms with E-state index in [0.29, 0.717) is 12.8 Å². The van der Waals surface area contributed by atoms with Crippen LogP contribution in [0.1, 0.15) is 19.8 Å². The highest BCUT2D eigenvalue weighted by atomic mass is 16.6. The molecule has 17 heavy (non-hydrogen) atoms. The molecule has 0 unspecified atom stereocenters. The number of ether oxygens (including phenoxy) is 3. The zero-order valence-corrected chi connectivity index (χ0v) is 9.30. The summed E-state index contributed by atoms with van der Waals surface area (Å²) in [5, 5.41) is 0. The second kappa shape index (κ2) is 3.29. The Kier molecular flexibility index (Phi) is 2.07. The van der Waals surface area contributed by atoms with Crippen LogP contribution in [0.3, 0.4) is 0 Å². The summed E-state index contributed by atoms with van der Waals surface area (Å²) in [6, 6.07) is 0. The predicted octanol–water partition coefficient (Wildman–Crippen LogP) is -0.203. The largest absolute Gasteiger partial charge is 0.463 e. The van der Waals surface area contributed by atoms with Gasteiger partial charge >= 0.3 is 17.9 Å². The molecule has 0 spiro atoms. The first-order valence-electron chi connectivity index (χ1n) is 5.60. The van der Waals surface area contributed by atoms with E-state index in [1.54, 1.807) is 0 Å². The molecule has 3 rings (SSSR count). The van der Waals surface area contributed by atoms with Crippen LogP contribution in [0.2, 0.25) is 0 Å². The summed E-state index contributed by atoms with van der Waals surface area (Å²) in [5.74, 6) is -2.59. The molecule has 2 bridgehead atoms. The second-order valence-electron chi connectivity index (χ2n) is 4.78. The Morgan fingerprint density at radius 2 is 2.24 bits per heavy atom. The van der Waals surface area contributed by atoms with Crippen molar-refractivity contribution >= 4 is 17.9 Å². The maximum Gasteiger partial charge on any atom is 0.320 e. The minimum Gasteiger partial charge on any atom is -0.463 e. The molecule has 0 aromatic rings. The van der Waals surface area contributed by atoms with Gasteiger partial charge in [-0.05, 0) is 12.8 Å². The van der Waals surface area contributed by atoms with Crippen LogP contribution >= 0.6 is 0 Å². The first kappa shape index (κ1) is 10.7. The Labute approximate surface area is 97.2 Å². The molecule has 4 atom stereocenters. The summed E-state index contributed by atoms with van der Waals surface area (Å²) in [5.41, 5.74) is -0.843. The van der Waals surface area contributed by atoms with Gasteiger partial charge < -0.3 is 14.2 Å². The van der Waals surface area contributed by atoms with Crippen molar-refractivity contribution in [3.63, 3.8) is 0 Å². The van der Waals surface area contributed by atoms with E-state index < -0.39 is 35.3 Å². The highest BCUT2D eigenvalue weighted by molar-refractivity contribution is 5.98. The van der Waals surface area contributed by atoms with E-state index in [1.165, 1.54) is 6.92 Å². The molecule has 3 fully saturated rings. The molecule has 0 aromatic heterocycles. The van der Waals surface area contributed by atoms with Gasteiger partial charge in [0.15, 0.2) is 0 Å². The van der Waals surface area contributed by atoms with E-state index in [2.05, 4.69) is 4.74 Å². The molecular weight excluding hydrogens is 228 g/mol. The highest BCUT2D eigenvalue weighted by Gasteiger charge is 2.69. The lowest BCUT2D eigenvalue weighted by Crippen LogP contribution is -2.44. The Morgan fingerprint density at radius 1 is 1.47 bits per heavy atom. The molecule has 3 aliphatic heterocycles. The minimum atomic E-state index is -0.843. The van der Waals surface area contributed by atoms with E-state index in [9.17, 15) is 14.4 Å². The molecule has 6 heteroatoms. The summed E-state index contributed by atoms with van der Waals surface area (Å²) >= 11 is 0. The van der Waals surface area contributed by atoms with Gasteiger partial charge in [-0.25, -0.2) is 0 Å². The first-order valence-corrected chi connectivity index (χ1v) is 5.60. The van der Waals surface area contributed by atoms with Gasteiger partial charge in [-0.2, -0.15) is 0 Å². The van der Waals surface area contributed by atoms with Crippen LogP contribution in [0.25, 0.3) is 0 Å². The summed E-state index contributed by atoms with van der Waals surface area (Å²) in [6.45, 7) is 1.32. The summed E-state index contributed by atoms with van der Waals surface area (Å²) < 4.78 is 15.3. The van der Waals surface area contributed by atoms with Gasteiger partial charge in [-0.3, -0.25) is 14.4 Å². The molecular formula is C11H12O6. The van der Waals surface area contributed by atoms with Crippen LogP contribution in [0, 0.1) is 11.8 Å². The molecule has 0 aliphatic carbocycles. The van der Waals surface area contributed by atoms with Gasteiger partial charge in [0.1, 0.15) is 18.1 Å². The molecule has 0 amide bonds. The van der Waals surface area contributed by atoms with Crippen molar-refractivity contribution in [1.29, 1.82) is 0 Å². The number of carbonyl (C=O) groups is 3. The minimum absolute atomic E-state index is 0.0162. The number of rotatable bonds is 2. The molecule has 0 saturated carbocycles. The number of hydrogen-bond donors (Lipinski definition) is 0. The van der Waals surface area contributed by atoms with E-state index in [1.807, 2.05) is 0 Å². The fraction of sp³-hybridized carbons (Fsp3) is 0.727. The number of fused-ring (bicyclic) bond motifs is 5. The second-order valence-corrected chi connectivity index (χ2v) is 4.78. The van der Waals surface area contributed by atoms with Crippen molar-refractivity contribution in [2.24, 2.45) is 11.8 Å². The lowest BCUT2D eigenvalue weighted by atomic mass is 9.73. The zero-order valence-electron chi connectivity index (χ0n) is 9.30. The number of carbonyl (C=O) groups excluding carboxylic acids is 3. The average molecular weight is 240 g/mol. The normalized spacial score (nSPS) is 42.5. The van der Waals surface area contributed by atoms with Crippen molar-refractivity contribution in [3.05, 3.63) is 0 Å². The van der Waals surface area contributed by atoms with Crippen LogP contribution in [0.5, 0.6) is 0 Å². The van der Waals surface area contributed by atoms with E-state index in [-0.39, 0.29) is 12.7 Å². The molecule has 0 aromatic carbocycles. The van der Waals surface area contributed by atoms with Crippen molar-refractivity contribution in [3.8, 4) is 0 Å². The van der Waals surface area contributed by atoms with Gasteiger partial charge in [-0.1, -0.05) is 0 Å². The van der Waals surface area contributed by atoms with Crippen LogP contribution in [-0.2, 0) is 28.6 Å². The fourth-order valence-electron chi connectivity index (χ4n) is 3.13. The molecule has 0 N–H and O–H groups in total. The van der Waals surface area contributed by atoms with Gasteiger partial charge in [-0.15, -0.1) is 0 Å². The smallest absolute Gasteiger partial charge is 0.320 e. The Hall–Kier alpha value is -1.43. The van der Waals surface area contributed by atoms with Crippen LogP contribution in [-0.4, -0.2) is 36.2 Å². The van der Waals surface area contributed by atoms with Gasteiger partial charge in [0.25, 0.3) is 0 Å². The quantitative estimate of drug-likeness (QED) is 0.491. The van der Waals surface area contributed by atoms with Crippen molar-refractivity contribution in [2.45, 2.75) is 31.5 Å². The van der Waals surface area contributed by atoms with Crippen molar-refractivity contribution in [1.82, 2.24) is 0 Å². The third-order valence-electron chi connectivity index (χ3n) is 3.81. The van der Waals surface area contributed by atoms with E-state index in [0.717, 1.165) is 0 Å². The first-order chi connectivity index (χ1) is 8.03. The Morgan fingerprint density at radius 3 is 2.94 bits per heavy atom. The van der Waals surface area contributed by atoms with Crippen LogP contribution in [0.4, 0.5) is 0 Å². The van der Waals surface area contributed by atoms with Gasteiger partial charge in [0, 0.05) is 6.92 Å². The third-order valence-corrected chi connectivity index (χ3v) is 3.81. The standard InChI is InChI=1S/C11H12O6/c1-5(12)15-4-11-3-2-6(17-11)7-8(11)10(14)16-9(7)13/h6-8H,2-4H2,1H3/t6-,7+,8+,11+/m0/s1. The lowest BCUT2D eigenvalue weighted by molar-refractivity contribution is -0.165. The van der Waals surface area contributed by atoms with E-state index in [4.69, 9.17) is 9.47 Å². The molecule has 3 saturated heterocycles. The summed E-state index contributed by atoms with van der Waals surface area (Å²) in [4.78, 5) is 34.0. The van der Waals surface area contributed by atoms with Crippen LogP contribution in [0.15, 0.2) is 0 Å². The third kappa shape index (κ3) is 1.33. The summed E-state index contributed by atoms with van der Waals surface area (Å²) in [6.07, 6.45) is 1.05. The molecule has 3 aliphatic rings. The average Bonchev–Trinajstić information content (AvgIpc) is 2.88.